The minimum atomic E-state index is -0.525. The largest absolute Gasteiger partial charge is 0.481 e. The minimum absolute atomic E-state index is 0.114. The van der Waals surface area contributed by atoms with Gasteiger partial charge in [-0.25, -0.2) is 4.98 Å². The summed E-state index contributed by atoms with van der Waals surface area (Å²) in [6, 6.07) is 15.7. The molecule has 24 heavy (non-hydrogen) atoms. The quantitative estimate of drug-likeness (QED) is 0.744. The van der Waals surface area contributed by atoms with Crippen molar-refractivity contribution in [3.05, 3.63) is 59.1 Å². The van der Waals surface area contributed by atoms with E-state index in [1.165, 1.54) is 4.70 Å². The second-order valence-electron chi connectivity index (χ2n) is 5.69. The highest BCUT2D eigenvalue weighted by Crippen LogP contribution is 2.21. The third-order valence-electron chi connectivity index (χ3n) is 3.68. The van der Waals surface area contributed by atoms with Crippen LogP contribution < -0.4 is 10.1 Å². The summed E-state index contributed by atoms with van der Waals surface area (Å²) >= 11 is 1.67. The van der Waals surface area contributed by atoms with Gasteiger partial charge in [0.25, 0.3) is 5.91 Å². The number of aromatic nitrogens is 1. The van der Waals surface area contributed by atoms with Gasteiger partial charge in [0.15, 0.2) is 6.10 Å². The van der Waals surface area contributed by atoms with E-state index in [-0.39, 0.29) is 5.91 Å². The normalized spacial score (nSPS) is 12.1. The SMILES string of the molecule is Cc1ccc(OC(C)C(=O)NCCc2nc3ccccc3s2)cc1. The standard InChI is InChI=1S/C19H20N2O2S/c1-13-7-9-15(10-8-13)23-14(2)19(22)20-12-11-18-21-16-5-3-4-6-17(16)24-18/h3-10,14H,11-12H2,1-2H3,(H,20,22). The average Bonchev–Trinajstić information content (AvgIpc) is 2.99. The molecule has 3 aromatic rings. The van der Waals surface area contributed by atoms with Crippen LogP contribution in [0.1, 0.15) is 17.5 Å². The van der Waals surface area contributed by atoms with Crippen molar-refractivity contribution >= 4 is 27.5 Å². The van der Waals surface area contributed by atoms with Gasteiger partial charge in [-0.05, 0) is 38.1 Å². The Labute approximate surface area is 145 Å². The van der Waals surface area contributed by atoms with Gasteiger partial charge in [0.05, 0.1) is 15.2 Å². The number of carbonyl (C=O) groups excluding carboxylic acids is 1. The molecule has 0 bridgehead atoms. The molecule has 1 amide bonds. The fraction of sp³-hybridized carbons (Fsp3) is 0.263. The van der Waals surface area contributed by atoms with E-state index < -0.39 is 6.10 Å². The lowest BCUT2D eigenvalue weighted by Crippen LogP contribution is -2.37. The maximum atomic E-state index is 12.1. The molecular formula is C19H20N2O2S. The zero-order valence-electron chi connectivity index (χ0n) is 13.8. The second-order valence-corrected chi connectivity index (χ2v) is 6.80. The van der Waals surface area contributed by atoms with E-state index in [0.29, 0.717) is 12.3 Å². The Balaban J connectivity index is 1.48. The van der Waals surface area contributed by atoms with Gasteiger partial charge in [-0.1, -0.05) is 29.8 Å². The third kappa shape index (κ3) is 4.11. The Morgan fingerprint density at radius 1 is 1.21 bits per heavy atom. The van der Waals surface area contributed by atoms with E-state index >= 15 is 0 Å². The smallest absolute Gasteiger partial charge is 0.260 e. The van der Waals surface area contributed by atoms with E-state index in [2.05, 4.69) is 16.4 Å². The van der Waals surface area contributed by atoms with Gasteiger partial charge < -0.3 is 10.1 Å². The van der Waals surface area contributed by atoms with E-state index in [1.807, 2.05) is 49.4 Å². The minimum Gasteiger partial charge on any atom is -0.481 e. The molecule has 2 aromatic carbocycles. The number of aryl methyl sites for hydroxylation is 1. The first kappa shape index (κ1) is 16.5. The van der Waals surface area contributed by atoms with Crippen LogP contribution in [-0.2, 0) is 11.2 Å². The number of thiazole rings is 1. The van der Waals surface area contributed by atoms with Crippen LogP contribution in [0.5, 0.6) is 5.75 Å². The van der Waals surface area contributed by atoms with Crippen molar-refractivity contribution in [3.8, 4) is 5.75 Å². The number of nitrogens with one attached hydrogen (secondary N) is 1. The number of ether oxygens (including phenoxy) is 1. The lowest BCUT2D eigenvalue weighted by molar-refractivity contribution is -0.127. The van der Waals surface area contributed by atoms with Crippen LogP contribution in [0.4, 0.5) is 0 Å². The number of fused-ring (bicyclic) bond motifs is 1. The summed E-state index contributed by atoms with van der Waals surface area (Å²) < 4.78 is 6.83. The van der Waals surface area contributed by atoms with Gasteiger partial charge >= 0.3 is 0 Å². The highest BCUT2D eigenvalue weighted by Gasteiger charge is 2.14. The van der Waals surface area contributed by atoms with Crippen molar-refractivity contribution in [2.75, 3.05) is 6.54 Å². The van der Waals surface area contributed by atoms with Crippen LogP contribution in [0, 0.1) is 6.92 Å². The van der Waals surface area contributed by atoms with Crippen LogP contribution in [-0.4, -0.2) is 23.5 Å². The summed E-state index contributed by atoms with van der Waals surface area (Å²) in [5, 5.41) is 3.94. The van der Waals surface area contributed by atoms with Crippen molar-refractivity contribution in [1.29, 1.82) is 0 Å². The lowest BCUT2D eigenvalue weighted by atomic mass is 10.2. The molecule has 1 atom stereocenters. The van der Waals surface area contributed by atoms with Crippen LogP contribution >= 0.6 is 11.3 Å². The topological polar surface area (TPSA) is 51.2 Å². The molecular weight excluding hydrogens is 320 g/mol. The number of carbonyl (C=O) groups is 1. The van der Waals surface area contributed by atoms with Crippen LogP contribution in [0.15, 0.2) is 48.5 Å². The second kappa shape index (κ2) is 7.45. The molecule has 0 aliphatic heterocycles. The van der Waals surface area contributed by atoms with Crippen LogP contribution in [0.2, 0.25) is 0 Å². The summed E-state index contributed by atoms with van der Waals surface area (Å²) in [7, 11) is 0. The zero-order chi connectivity index (χ0) is 16.9. The first-order valence-corrected chi connectivity index (χ1v) is 8.79. The monoisotopic (exact) mass is 340 g/mol. The Kier molecular flexibility index (Phi) is 5.11. The van der Waals surface area contributed by atoms with E-state index in [1.54, 1.807) is 18.3 Å². The van der Waals surface area contributed by atoms with Gasteiger partial charge in [-0.3, -0.25) is 4.79 Å². The number of benzene rings is 2. The summed E-state index contributed by atoms with van der Waals surface area (Å²) in [4.78, 5) is 16.7. The van der Waals surface area contributed by atoms with E-state index in [9.17, 15) is 4.79 Å². The molecule has 0 aliphatic carbocycles. The van der Waals surface area contributed by atoms with Crippen molar-refractivity contribution in [1.82, 2.24) is 10.3 Å². The molecule has 0 radical (unpaired) electrons. The highest BCUT2D eigenvalue weighted by molar-refractivity contribution is 7.18. The molecule has 124 valence electrons. The summed E-state index contributed by atoms with van der Waals surface area (Å²) in [6.07, 6.45) is 0.200. The molecule has 0 aliphatic rings. The molecule has 1 N–H and O–H groups in total. The molecule has 0 fully saturated rings. The van der Waals surface area contributed by atoms with Crippen LogP contribution in [0.3, 0.4) is 0 Å². The number of para-hydroxylation sites is 1. The van der Waals surface area contributed by atoms with Gasteiger partial charge in [-0.15, -0.1) is 11.3 Å². The fourth-order valence-corrected chi connectivity index (χ4v) is 3.30. The molecule has 5 heteroatoms. The molecule has 0 spiro atoms. The number of rotatable bonds is 6. The van der Waals surface area contributed by atoms with Crippen molar-refractivity contribution in [3.63, 3.8) is 0 Å². The van der Waals surface area contributed by atoms with Crippen molar-refractivity contribution < 1.29 is 9.53 Å². The Hall–Kier alpha value is -2.40. The summed E-state index contributed by atoms with van der Waals surface area (Å²) in [6.45, 7) is 4.33. The highest BCUT2D eigenvalue weighted by atomic mass is 32.1. The molecule has 1 aromatic heterocycles. The maximum Gasteiger partial charge on any atom is 0.260 e. The van der Waals surface area contributed by atoms with Gasteiger partial charge in [0, 0.05) is 13.0 Å². The van der Waals surface area contributed by atoms with E-state index in [0.717, 1.165) is 22.5 Å². The molecule has 0 saturated carbocycles. The van der Waals surface area contributed by atoms with E-state index in [4.69, 9.17) is 4.74 Å². The Bertz CT molecular complexity index is 794. The molecule has 1 heterocycles. The molecule has 1 unspecified atom stereocenters. The van der Waals surface area contributed by atoms with Crippen LogP contribution in [0.25, 0.3) is 10.2 Å². The summed E-state index contributed by atoms with van der Waals surface area (Å²) in [5.74, 6) is 0.589. The average molecular weight is 340 g/mol. The first-order chi connectivity index (χ1) is 11.6. The van der Waals surface area contributed by atoms with Gasteiger partial charge in [0.2, 0.25) is 0 Å². The van der Waals surface area contributed by atoms with Gasteiger partial charge in [-0.2, -0.15) is 0 Å². The number of hydrogen-bond donors (Lipinski definition) is 1. The first-order valence-electron chi connectivity index (χ1n) is 7.97. The van der Waals surface area contributed by atoms with Gasteiger partial charge in [0.1, 0.15) is 5.75 Å². The van der Waals surface area contributed by atoms with Crippen molar-refractivity contribution in [2.24, 2.45) is 0 Å². The Morgan fingerprint density at radius 2 is 1.96 bits per heavy atom. The Morgan fingerprint density at radius 3 is 2.71 bits per heavy atom. The molecule has 0 saturated heterocycles. The number of amides is 1. The van der Waals surface area contributed by atoms with Crippen molar-refractivity contribution in [2.45, 2.75) is 26.4 Å². The molecule has 4 nitrogen and oxygen atoms in total. The predicted molar refractivity (Wildman–Crippen MR) is 97.6 cm³/mol. The predicted octanol–water partition coefficient (Wildman–Crippen LogP) is 3.73. The maximum absolute atomic E-state index is 12.1. The lowest BCUT2D eigenvalue weighted by Gasteiger charge is -2.14. The summed E-state index contributed by atoms with van der Waals surface area (Å²) in [5.41, 5.74) is 2.18. The third-order valence-corrected chi connectivity index (χ3v) is 4.78. The number of hydrogen-bond acceptors (Lipinski definition) is 4. The number of nitrogens with zero attached hydrogens (tertiary/aromatic N) is 1. The molecule has 3 rings (SSSR count). The zero-order valence-corrected chi connectivity index (χ0v) is 14.6. The fourth-order valence-electron chi connectivity index (χ4n) is 2.34.